The van der Waals surface area contributed by atoms with Crippen LogP contribution in [0.1, 0.15) is 18.1 Å². The van der Waals surface area contributed by atoms with Crippen LogP contribution in [0.4, 0.5) is 17.6 Å². The molecule has 1 aromatic carbocycles. The highest BCUT2D eigenvalue weighted by molar-refractivity contribution is 5.81. The lowest BCUT2D eigenvalue weighted by Crippen LogP contribution is -2.41. The third-order valence-corrected chi connectivity index (χ3v) is 2.99. The molecule has 0 heterocycles. The lowest BCUT2D eigenvalue weighted by atomic mass is 10.1. The Balaban J connectivity index is 2.73. The van der Waals surface area contributed by atoms with E-state index < -0.39 is 23.6 Å². The summed E-state index contributed by atoms with van der Waals surface area (Å²) in [6.45, 7) is 1.51. The largest absolute Gasteiger partial charge is 0.416 e. The first-order valence-corrected chi connectivity index (χ1v) is 5.92. The van der Waals surface area contributed by atoms with E-state index in [1.54, 1.807) is 25.9 Å². The van der Waals surface area contributed by atoms with Gasteiger partial charge in [-0.15, -0.1) is 0 Å². The van der Waals surface area contributed by atoms with Crippen molar-refractivity contribution in [3.05, 3.63) is 35.1 Å². The Labute approximate surface area is 114 Å². The number of halogens is 4. The van der Waals surface area contributed by atoms with Gasteiger partial charge in [-0.05, 0) is 33.2 Å². The van der Waals surface area contributed by atoms with Crippen LogP contribution in [0, 0.1) is 5.82 Å². The maximum atomic E-state index is 13.5. The van der Waals surface area contributed by atoms with Crippen molar-refractivity contribution < 1.29 is 22.4 Å². The van der Waals surface area contributed by atoms with Gasteiger partial charge in [0.15, 0.2) is 0 Å². The Morgan fingerprint density at radius 1 is 1.35 bits per heavy atom. The number of rotatable bonds is 4. The Morgan fingerprint density at radius 3 is 2.40 bits per heavy atom. The molecule has 7 heteroatoms. The highest BCUT2D eigenvalue weighted by atomic mass is 19.4. The molecule has 3 nitrogen and oxygen atoms in total. The van der Waals surface area contributed by atoms with Crippen LogP contribution in [0.5, 0.6) is 0 Å². The first-order valence-electron chi connectivity index (χ1n) is 5.92. The summed E-state index contributed by atoms with van der Waals surface area (Å²) in [6.07, 6.45) is -4.58. The highest BCUT2D eigenvalue weighted by Gasteiger charge is 2.31. The average Bonchev–Trinajstić information content (AvgIpc) is 2.34. The fraction of sp³-hybridized carbons (Fsp3) is 0.462. The van der Waals surface area contributed by atoms with Crippen LogP contribution in [0.15, 0.2) is 18.2 Å². The Bertz CT molecular complexity index is 486. The van der Waals surface area contributed by atoms with Gasteiger partial charge in [0.05, 0.1) is 11.6 Å². The predicted octanol–water partition coefficient (Wildman–Crippen LogP) is 2.41. The van der Waals surface area contributed by atoms with E-state index in [-0.39, 0.29) is 18.0 Å². The summed E-state index contributed by atoms with van der Waals surface area (Å²) >= 11 is 0. The van der Waals surface area contributed by atoms with E-state index in [9.17, 15) is 22.4 Å². The van der Waals surface area contributed by atoms with Crippen LogP contribution < -0.4 is 5.32 Å². The van der Waals surface area contributed by atoms with E-state index in [0.717, 1.165) is 12.1 Å². The molecule has 112 valence electrons. The van der Waals surface area contributed by atoms with Gasteiger partial charge in [0.25, 0.3) is 0 Å². The van der Waals surface area contributed by atoms with Crippen molar-refractivity contribution in [1.29, 1.82) is 0 Å². The first-order chi connectivity index (χ1) is 9.12. The molecule has 0 radical (unpaired) electrons. The smallest absolute Gasteiger partial charge is 0.351 e. The molecule has 0 aliphatic heterocycles. The Morgan fingerprint density at radius 2 is 1.95 bits per heavy atom. The number of hydrogen-bond donors (Lipinski definition) is 1. The van der Waals surface area contributed by atoms with Gasteiger partial charge >= 0.3 is 6.18 Å². The van der Waals surface area contributed by atoms with Gasteiger partial charge in [0.2, 0.25) is 5.91 Å². The van der Waals surface area contributed by atoms with Crippen LogP contribution in [0.2, 0.25) is 0 Å². The van der Waals surface area contributed by atoms with Crippen molar-refractivity contribution in [3.8, 4) is 0 Å². The third kappa shape index (κ3) is 4.19. The molecule has 0 fully saturated rings. The second-order valence-electron chi connectivity index (χ2n) is 4.66. The van der Waals surface area contributed by atoms with Crippen LogP contribution in [-0.2, 0) is 17.5 Å². The predicted molar refractivity (Wildman–Crippen MR) is 66.4 cm³/mol. The fourth-order valence-electron chi connectivity index (χ4n) is 1.43. The van der Waals surface area contributed by atoms with E-state index in [0.29, 0.717) is 6.07 Å². The average molecular weight is 292 g/mol. The summed E-state index contributed by atoms with van der Waals surface area (Å²) < 4.78 is 50.6. The zero-order valence-corrected chi connectivity index (χ0v) is 11.4. The zero-order valence-electron chi connectivity index (χ0n) is 11.4. The van der Waals surface area contributed by atoms with E-state index in [1.807, 2.05) is 0 Å². The number of nitrogens with zero attached hydrogens (tertiary/aromatic N) is 1. The number of carbonyl (C=O) groups is 1. The number of alkyl halides is 3. The standard InChI is InChI=1S/C13H16F4N2O/c1-8(19(2)3)12(20)18-7-9-4-5-10(6-11(9)14)13(15,16)17/h4-6,8H,7H2,1-3H3,(H,18,20). The molecule has 1 N–H and O–H groups in total. The van der Waals surface area contributed by atoms with Crippen LogP contribution >= 0.6 is 0 Å². The lowest BCUT2D eigenvalue weighted by Gasteiger charge is -2.19. The van der Waals surface area contributed by atoms with Crippen molar-refractivity contribution >= 4 is 5.91 Å². The molecule has 20 heavy (non-hydrogen) atoms. The summed E-state index contributed by atoms with van der Waals surface area (Å²) in [7, 11) is 3.42. The number of amides is 1. The van der Waals surface area contributed by atoms with Gasteiger partial charge < -0.3 is 5.32 Å². The molecular formula is C13H16F4N2O. The highest BCUT2D eigenvalue weighted by Crippen LogP contribution is 2.30. The maximum absolute atomic E-state index is 13.5. The minimum Gasteiger partial charge on any atom is -0.351 e. The molecule has 1 unspecified atom stereocenters. The summed E-state index contributed by atoms with van der Waals surface area (Å²) in [5, 5.41) is 2.48. The molecular weight excluding hydrogens is 276 g/mol. The van der Waals surface area contributed by atoms with Crippen molar-refractivity contribution in [3.63, 3.8) is 0 Å². The lowest BCUT2D eigenvalue weighted by molar-refractivity contribution is -0.137. The minimum absolute atomic E-state index is 0.0114. The zero-order chi connectivity index (χ0) is 15.5. The first kappa shape index (κ1) is 16.4. The molecule has 1 amide bonds. The molecule has 0 saturated heterocycles. The molecule has 0 spiro atoms. The third-order valence-electron chi connectivity index (χ3n) is 2.99. The van der Waals surface area contributed by atoms with E-state index >= 15 is 0 Å². The second-order valence-corrected chi connectivity index (χ2v) is 4.66. The number of benzene rings is 1. The molecule has 1 rings (SSSR count). The normalized spacial score (nSPS) is 13.4. The van der Waals surface area contributed by atoms with Crippen LogP contribution in [0.25, 0.3) is 0 Å². The molecule has 0 aliphatic rings. The molecule has 0 aliphatic carbocycles. The second kappa shape index (κ2) is 6.21. The van der Waals surface area contributed by atoms with Crippen molar-refractivity contribution in [1.82, 2.24) is 10.2 Å². The molecule has 0 aromatic heterocycles. The number of nitrogens with one attached hydrogen (secondary N) is 1. The Hall–Kier alpha value is -1.63. The van der Waals surface area contributed by atoms with Gasteiger partial charge in [-0.25, -0.2) is 4.39 Å². The topological polar surface area (TPSA) is 32.3 Å². The summed E-state index contributed by atoms with van der Waals surface area (Å²) in [4.78, 5) is 13.3. The fourth-order valence-corrected chi connectivity index (χ4v) is 1.43. The van der Waals surface area contributed by atoms with Gasteiger partial charge in [0, 0.05) is 12.1 Å². The van der Waals surface area contributed by atoms with Crippen molar-refractivity contribution in [2.75, 3.05) is 14.1 Å². The molecule has 1 aromatic rings. The van der Waals surface area contributed by atoms with Gasteiger partial charge in [-0.2, -0.15) is 13.2 Å². The molecule has 0 saturated carbocycles. The minimum atomic E-state index is -4.58. The summed E-state index contributed by atoms with van der Waals surface area (Å²) in [5.41, 5.74) is -1.04. The Kier molecular flexibility index (Phi) is 5.10. The van der Waals surface area contributed by atoms with Gasteiger partial charge in [0.1, 0.15) is 5.82 Å². The van der Waals surface area contributed by atoms with Gasteiger partial charge in [-0.3, -0.25) is 9.69 Å². The quantitative estimate of drug-likeness (QED) is 0.864. The van der Waals surface area contributed by atoms with E-state index in [4.69, 9.17) is 0 Å². The maximum Gasteiger partial charge on any atom is 0.416 e. The summed E-state index contributed by atoms with van der Waals surface area (Å²) in [5.74, 6) is -1.31. The monoisotopic (exact) mass is 292 g/mol. The van der Waals surface area contributed by atoms with E-state index in [1.165, 1.54) is 0 Å². The van der Waals surface area contributed by atoms with E-state index in [2.05, 4.69) is 5.32 Å². The van der Waals surface area contributed by atoms with Crippen molar-refractivity contribution in [2.45, 2.75) is 25.7 Å². The van der Waals surface area contributed by atoms with Crippen molar-refractivity contribution in [2.24, 2.45) is 0 Å². The number of carbonyl (C=O) groups excluding carboxylic acids is 1. The van der Waals surface area contributed by atoms with Crippen LogP contribution in [0.3, 0.4) is 0 Å². The SMILES string of the molecule is CC(C(=O)NCc1ccc(C(F)(F)F)cc1F)N(C)C. The number of hydrogen-bond acceptors (Lipinski definition) is 2. The molecule has 1 atom stereocenters. The van der Waals surface area contributed by atoms with Gasteiger partial charge in [-0.1, -0.05) is 6.07 Å². The molecule has 0 bridgehead atoms. The summed E-state index contributed by atoms with van der Waals surface area (Å²) in [6, 6.07) is 1.84. The van der Waals surface area contributed by atoms with Crippen LogP contribution in [-0.4, -0.2) is 30.9 Å². The number of likely N-dealkylation sites (N-methyl/N-ethyl adjacent to an activating group) is 1.